The summed E-state index contributed by atoms with van der Waals surface area (Å²) in [6, 6.07) is 12.8. The van der Waals surface area contributed by atoms with E-state index in [4.69, 9.17) is 10.5 Å². The van der Waals surface area contributed by atoms with Gasteiger partial charge >= 0.3 is 0 Å². The Kier molecular flexibility index (Phi) is 4.56. The van der Waals surface area contributed by atoms with Crippen LogP contribution >= 0.6 is 0 Å². The maximum atomic E-state index is 11.7. The molecule has 1 N–H and O–H groups in total. The van der Waals surface area contributed by atoms with Crippen molar-refractivity contribution in [3.63, 3.8) is 0 Å². The lowest BCUT2D eigenvalue weighted by Crippen LogP contribution is -2.22. The predicted molar refractivity (Wildman–Crippen MR) is 59.0 cm³/mol. The van der Waals surface area contributed by atoms with Crippen LogP contribution in [0, 0.1) is 28.6 Å². The number of nitriles is 2. The quantitative estimate of drug-likeness (QED) is 0.831. The smallest absolute Gasteiger partial charge is 0.229 e. The lowest BCUT2D eigenvalue weighted by molar-refractivity contribution is -0.119. The highest BCUT2D eigenvalue weighted by atomic mass is 16.1. The molecule has 4 nitrogen and oxygen atoms in total. The van der Waals surface area contributed by atoms with Gasteiger partial charge in [0.05, 0.1) is 18.1 Å². The van der Waals surface area contributed by atoms with E-state index in [1.807, 2.05) is 18.2 Å². The second kappa shape index (κ2) is 6.21. The number of anilines is 1. The Morgan fingerprint density at radius 3 is 2.25 bits per heavy atom. The van der Waals surface area contributed by atoms with E-state index in [1.54, 1.807) is 24.3 Å². The van der Waals surface area contributed by atoms with Crippen molar-refractivity contribution in [2.24, 2.45) is 5.92 Å². The maximum Gasteiger partial charge on any atom is 0.229 e. The molecule has 1 aromatic carbocycles. The monoisotopic (exact) mass is 213 g/mol. The van der Waals surface area contributed by atoms with Gasteiger partial charge in [-0.25, -0.2) is 0 Å². The average molecular weight is 213 g/mol. The normalized spacial score (nSPS) is 9.19. The van der Waals surface area contributed by atoms with E-state index in [-0.39, 0.29) is 18.7 Å². The van der Waals surface area contributed by atoms with Gasteiger partial charge in [-0.1, -0.05) is 18.2 Å². The van der Waals surface area contributed by atoms with Crippen molar-refractivity contribution in [3.05, 3.63) is 30.3 Å². The van der Waals surface area contributed by atoms with Crippen molar-refractivity contribution in [1.82, 2.24) is 0 Å². The number of para-hydroxylation sites is 1. The lowest BCUT2D eigenvalue weighted by atomic mass is 10.0. The van der Waals surface area contributed by atoms with Crippen LogP contribution < -0.4 is 5.32 Å². The number of nitrogens with zero attached hydrogens (tertiary/aromatic N) is 2. The molecule has 0 aliphatic rings. The third-order valence-corrected chi connectivity index (χ3v) is 2.09. The SMILES string of the molecule is N#CCC(CC#N)C(=O)Nc1ccccc1. The van der Waals surface area contributed by atoms with Gasteiger partial charge < -0.3 is 5.32 Å². The first-order valence-corrected chi connectivity index (χ1v) is 4.87. The summed E-state index contributed by atoms with van der Waals surface area (Å²) in [6.45, 7) is 0. The van der Waals surface area contributed by atoms with Gasteiger partial charge in [-0.15, -0.1) is 0 Å². The first-order valence-electron chi connectivity index (χ1n) is 4.87. The number of nitrogens with one attached hydrogen (secondary N) is 1. The number of amides is 1. The van der Waals surface area contributed by atoms with Crippen molar-refractivity contribution in [1.29, 1.82) is 10.5 Å². The molecule has 0 aromatic heterocycles. The summed E-state index contributed by atoms with van der Waals surface area (Å²) in [5.41, 5.74) is 0.674. The molecule has 4 heteroatoms. The minimum absolute atomic E-state index is 0.0617. The van der Waals surface area contributed by atoms with Crippen LogP contribution in [0.5, 0.6) is 0 Å². The van der Waals surface area contributed by atoms with Gasteiger partial charge in [-0.2, -0.15) is 10.5 Å². The summed E-state index contributed by atoms with van der Waals surface area (Å²) in [5.74, 6) is -0.843. The minimum atomic E-state index is -0.560. The lowest BCUT2D eigenvalue weighted by Gasteiger charge is -2.10. The molecule has 1 aromatic rings. The van der Waals surface area contributed by atoms with Crippen LogP contribution in [0.15, 0.2) is 30.3 Å². The number of carbonyl (C=O) groups excluding carboxylic acids is 1. The first-order chi connectivity index (χ1) is 7.77. The van der Waals surface area contributed by atoms with Crippen LogP contribution in [-0.2, 0) is 4.79 Å². The van der Waals surface area contributed by atoms with Crippen LogP contribution in [0.25, 0.3) is 0 Å². The fraction of sp³-hybridized carbons (Fsp3) is 0.250. The molecule has 0 bridgehead atoms. The number of carbonyl (C=O) groups is 1. The molecule has 0 spiro atoms. The summed E-state index contributed by atoms with van der Waals surface area (Å²) in [4.78, 5) is 11.7. The molecule has 0 fully saturated rings. The van der Waals surface area contributed by atoms with Crippen molar-refractivity contribution < 1.29 is 4.79 Å². The van der Waals surface area contributed by atoms with E-state index in [0.29, 0.717) is 5.69 Å². The van der Waals surface area contributed by atoms with E-state index >= 15 is 0 Å². The number of benzene rings is 1. The summed E-state index contributed by atoms with van der Waals surface area (Å²) in [5, 5.41) is 19.7. The highest BCUT2D eigenvalue weighted by Crippen LogP contribution is 2.12. The van der Waals surface area contributed by atoms with Gasteiger partial charge in [0.15, 0.2) is 0 Å². The molecule has 16 heavy (non-hydrogen) atoms. The molecule has 0 atom stereocenters. The molecule has 1 amide bonds. The van der Waals surface area contributed by atoms with Gasteiger partial charge in [-0.3, -0.25) is 4.79 Å². The Bertz CT molecular complexity index is 412. The second-order valence-electron chi connectivity index (χ2n) is 3.28. The van der Waals surface area contributed by atoms with Gasteiger partial charge in [0, 0.05) is 18.5 Å². The Hall–Kier alpha value is -2.33. The first kappa shape index (κ1) is 11.7. The topological polar surface area (TPSA) is 76.7 Å². The Balaban J connectivity index is 2.63. The minimum Gasteiger partial charge on any atom is -0.326 e. The number of hydrogen-bond acceptors (Lipinski definition) is 3. The molecular weight excluding hydrogens is 202 g/mol. The highest BCUT2D eigenvalue weighted by molar-refractivity contribution is 5.92. The molecule has 0 unspecified atom stereocenters. The molecule has 0 aliphatic heterocycles. The second-order valence-corrected chi connectivity index (χ2v) is 3.28. The van der Waals surface area contributed by atoms with Crippen LogP contribution in [0.2, 0.25) is 0 Å². The Morgan fingerprint density at radius 2 is 1.75 bits per heavy atom. The van der Waals surface area contributed by atoms with Crippen LogP contribution in [0.1, 0.15) is 12.8 Å². The molecule has 0 radical (unpaired) electrons. The molecular formula is C12H11N3O. The number of rotatable bonds is 4. The predicted octanol–water partition coefficient (Wildman–Crippen LogP) is 2.07. The van der Waals surface area contributed by atoms with E-state index in [2.05, 4.69) is 5.32 Å². The molecule has 0 saturated heterocycles. The van der Waals surface area contributed by atoms with Gasteiger partial charge in [0.25, 0.3) is 0 Å². The van der Waals surface area contributed by atoms with E-state index in [9.17, 15) is 4.79 Å². The zero-order chi connectivity index (χ0) is 11.8. The van der Waals surface area contributed by atoms with Crippen molar-refractivity contribution >= 4 is 11.6 Å². The van der Waals surface area contributed by atoms with Gasteiger partial charge in [0.1, 0.15) is 0 Å². The molecule has 0 aliphatic carbocycles. The Labute approximate surface area is 94.1 Å². The third kappa shape index (κ3) is 3.43. The summed E-state index contributed by atoms with van der Waals surface area (Å²) < 4.78 is 0. The number of hydrogen-bond donors (Lipinski definition) is 1. The molecule has 0 saturated carbocycles. The van der Waals surface area contributed by atoms with E-state index in [1.165, 1.54) is 0 Å². The van der Waals surface area contributed by atoms with Crippen molar-refractivity contribution in [3.8, 4) is 12.1 Å². The van der Waals surface area contributed by atoms with E-state index in [0.717, 1.165) is 0 Å². The fourth-order valence-electron chi connectivity index (χ4n) is 1.24. The van der Waals surface area contributed by atoms with Crippen molar-refractivity contribution in [2.45, 2.75) is 12.8 Å². The van der Waals surface area contributed by atoms with Gasteiger partial charge in [0.2, 0.25) is 5.91 Å². The average Bonchev–Trinajstić information content (AvgIpc) is 2.30. The molecule has 0 heterocycles. The largest absolute Gasteiger partial charge is 0.326 e. The zero-order valence-corrected chi connectivity index (χ0v) is 8.68. The van der Waals surface area contributed by atoms with Crippen molar-refractivity contribution in [2.75, 3.05) is 5.32 Å². The fourth-order valence-corrected chi connectivity index (χ4v) is 1.24. The van der Waals surface area contributed by atoms with Crippen LogP contribution in [-0.4, -0.2) is 5.91 Å². The molecule has 1 rings (SSSR count). The standard InChI is InChI=1S/C12H11N3O/c13-8-6-10(7-9-14)12(16)15-11-4-2-1-3-5-11/h1-5,10H,6-7H2,(H,15,16). The van der Waals surface area contributed by atoms with Crippen LogP contribution in [0.4, 0.5) is 5.69 Å². The third-order valence-electron chi connectivity index (χ3n) is 2.09. The Morgan fingerprint density at radius 1 is 1.19 bits per heavy atom. The zero-order valence-electron chi connectivity index (χ0n) is 8.68. The van der Waals surface area contributed by atoms with Gasteiger partial charge in [-0.05, 0) is 12.1 Å². The summed E-state index contributed by atoms with van der Waals surface area (Å²) >= 11 is 0. The van der Waals surface area contributed by atoms with Crippen LogP contribution in [0.3, 0.4) is 0 Å². The maximum absolute atomic E-state index is 11.7. The summed E-state index contributed by atoms with van der Waals surface area (Å²) in [6.07, 6.45) is 0.123. The van der Waals surface area contributed by atoms with E-state index < -0.39 is 5.92 Å². The highest BCUT2D eigenvalue weighted by Gasteiger charge is 2.17. The molecule has 80 valence electrons. The summed E-state index contributed by atoms with van der Waals surface area (Å²) in [7, 11) is 0.